The minimum atomic E-state index is 0.695. The summed E-state index contributed by atoms with van der Waals surface area (Å²) in [5.41, 5.74) is 3.69. The third-order valence-electron chi connectivity index (χ3n) is 4.41. The Labute approximate surface area is 146 Å². The maximum absolute atomic E-state index is 4.37. The number of fused-ring (bicyclic) bond motifs is 3. The Morgan fingerprint density at radius 1 is 0.840 bits per heavy atom. The van der Waals surface area contributed by atoms with Crippen molar-refractivity contribution in [2.75, 3.05) is 0 Å². The molecule has 0 saturated carbocycles. The summed E-state index contributed by atoms with van der Waals surface area (Å²) in [4.78, 5) is 12.9. The SMILES string of the molecule is CCn1c2ccccc2c2cc(/C=C/c3nc(C)nc(C)n3)ccc21. The van der Waals surface area contributed by atoms with Gasteiger partial charge in [0.1, 0.15) is 11.6 Å². The molecule has 0 radical (unpaired) electrons. The van der Waals surface area contributed by atoms with E-state index in [2.05, 4.69) is 75.0 Å². The summed E-state index contributed by atoms with van der Waals surface area (Å²) < 4.78 is 2.36. The first-order valence-electron chi connectivity index (χ1n) is 8.54. The molecule has 0 amide bonds. The summed E-state index contributed by atoms with van der Waals surface area (Å²) in [7, 11) is 0. The Balaban J connectivity index is 1.81. The van der Waals surface area contributed by atoms with Crippen LogP contribution in [0.3, 0.4) is 0 Å². The molecule has 0 unspecified atom stereocenters. The maximum Gasteiger partial charge on any atom is 0.156 e. The van der Waals surface area contributed by atoms with Gasteiger partial charge in [-0.2, -0.15) is 0 Å². The smallest absolute Gasteiger partial charge is 0.156 e. The summed E-state index contributed by atoms with van der Waals surface area (Å²) in [6, 6.07) is 15.1. The molecule has 0 saturated heterocycles. The van der Waals surface area contributed by atoms with Gasteiger partial charge in [-0.1, -0.05) is 30.3 Å². The van der Waals surface area contributed by atoms with Gasteiger partial charge in [0.2, 0.25) is 0 Å². The van der Waals surface area contributed by atoms with Crippen LogP contribution in [0.2, 0.25) is 0 Å². The molecule has 4 aromatic rings. The molecule has 0 fully saturated rings. The zero-order chi connectivity index (χ0) is 17.4. The lowest BCUT2D eigenvalue weighted by molar-refractivity contribution is 0.827. The van der Waals surface area contributed by atoms with E-state index < -0.39 is 0 Å². The van der Waals surface area contributed by atoms with Crippen LogP contribution in [0.4, 0.5) is 0 Å². The lowest BCUT2D eigenvalue weighted by atomic mass is 10.1. The Morgan fingerprint density at radius 3 is 2.32 bits per heavy atom. The highest BCUT2D eigenvalue weighted by molar-refractivity contribution is 6.08. The average Bonchev–Trinajstić information content (AvgIpc) is 2.92. The quantitative estimate of drug-likeness (QED) is 0.543. The molecule has 2 aromatic carbocycles. The molecule has 0 atom stereocenters. The van der Waals surface area contributed by atoms with Crippen molar-refractivity contribution in [3.8, 4) is 0 Å². The van der Waals surface area contributed by atoms with Crippen molar-refractivity contribution in [2.45, 2.75) is 27.3 Å². The van der Waals surface area contributed by atoms with Gasteiger partial charge in [0.25, 0.3) is 0 Å². The van der Waals surface area contributed by atoms with Crippen LogP contribution in [0.15, 0.2) is 42.5 Å². The van der Waals surface area contributed by atoms with Crippen LogP contribution < -0.4 is 0 Å². The Morgan fingerprint density at radius 2 is 1.56 bits per heavy atom. The minimum Gasteiger partial charge on any atom is -0.341 e. The first-order chi connectivity index (χ1) is 12.2. The summed E-state index contributed by atoms with van der Waals surface area (Å²) in [5, 5.41) is 2.57. The highest BCUT2D eigenvalue weighted by atomic mass is 15.0. The summed E-state index contributed by atoms with van der Waals surface area (Å²) >= 11 is 0. The van der Waals surface area contributed by atoms with E-state index in [0.29, 0.717) is 5.82 Å². The van der Waals surface area contributed by atoms with Gasteiger partial charge >= 0.3 is 0 Å². The number of benzene rings is 2. The predicted octanol–water partition coefficient (Wildman–Crippen LogP) is 4.79. The van der Waals surface area contributed by atoms with Gasteiger partial charge in [-0.25, -0.2) is 15.0 Å². The lowest BCUT2D eigenvalue weighted by Gasteiger charge is -2.02. The second kappa shape index (κ2) is 6.13. The molecule has 25 heavy (non-hydrogen) atoms. The number of nitrogens with zero attached hydrogens (tertiary/aromatic N) is 4. The fourth-order valence-electron chi connectivity index (χ4n) is 3.40. The third kappa shape index (κ3) is 2.80. The highest BCUT2D eigenvalue weighted by Gasteiger charge is 2.08. The second-order valence-electron chi connectivity index (χ2n) is 6.16. The molecule has 2 aromatic heterocycles. The largest absolute Gasteiger partial charge is 0.341 e. The van der Waals surface area contributed by atoms with Crippen LogP contribution in [0.25, 0.3) is 34.0 Å². The lowest BCUT2D eigenvalue weighted by Crippen LogP contribution is -1.98. The van der Waals surface area contributed by atoms with E-state index in [4.69, 9.17) is 0 Å². The topological polar surface area (TPSA) is 43.6 Å². The van der Waals surface area contributed by atoms with Crippen molar-refractivity contribution in [2.24, 2.45) is 0 Å². The normalized spacial score (nSPS) is 11.8. The first kappa shape index (κ1) is 15.5. The fourth-order valence-corrected chi connectivity index (χ4v) is 3.40. The molecule has 4 heteroatoms. The standard InChI is InChI=1S/C21H20N4/c1-4-25-19-8-6-5-7-17(19)18-13-16(9-11-20(18)25)10-12-21-23-14(2)22-15(3)24-21/h5-13H,4H2,1-3H3/b12-10+. The molecule has 0 aliphatic heterocycles. The fraction of sp³-hybridized carbons (Fsp3) is 0.190. The highest BCUT2D eigenvalue weighted by Crippen LogP contribution is 2.30. The molecule has 4 nitrogen and oxygen atoms in total. The first-order valence-corrected chi connectivity index (χ1v) is 8.54. The van der Waals surface area contributed by atoms with Crippen LogP contribution in [0.1, 0.15) is 30.0 Å². The Kier molecular flexibility index (Phi) is 3.80. The van der Waals surface area contributed by atoms with Crippen LogP contribution >= 0.6 is 0 Å². The maximum atomic E-state index is 4.37. The van der Waals surface area contributed by atoms with Gasteiger partial charge in [-0.05, 0) is 50.6 Å². The average molecular weight is 328 g/mol. The van der Waals surface area contributed by atoms with E-state index in [1.165, 1.54) is 21.8 Å². The number of aryl methyl sites for hydroxylation is 3. The van der Waals surface area contributed by atoms with Crippen molar-refractivity contribution >= 4 is 34.0 Å². The minimum absolute atomic E-state index is 0.695. The number of aromatic nitrogens is 4. The summed E-state index contributed by atoms with van der Waals surface area (Å²) in [6.45, 7) is 6.92. The van der Waals surface area contributed by atoms with Crippen molar-refractivity contribution < 1.29 is 0 Å². The zero-order valence-corrected chi connectivity index (χ0v) is 14.7. The van der Waals surface area contributed by atoms with E-state index in [1.807, 2.05) is 19.9 Å². The van der Waals surface area contributed by atoms with E-state index in [9.17, 15) is 0 Å². The van der Waals surface area contributed by atoms with Crippen molar-refractivity contribution in [1.29, 1.82) is 0 Å². The van der Waals surface area contributed by atoms with Crippen LogP contribution in [-0.2, 0) is 6.54 Å². The van der Waals surface area contributed by atoms with E-state index in [1.54, 1.807) is 0 Å². The van der Waals surface area contributed by atoms with Gasteiger partial charge in [-0.15, -0.1) is 0 Å². The predicted molar refractivity (Wildman–Crippen MR) is 103 cm³/mol. The van der Waals surface area contributed by atoms with Crippen LogP contribution in [0, 0.1) is 13.8 Å². The Bertz CT molecular complexity index is 1090. The third-order valence-corrected chi connectivity index (χ3v) is 4.41. The molecular formula is C21H20N4. The molecular weight excluding hydrogens is 308 g/mol. The van der Waals surface area contributed by atoms with E-state index in [0.717, 1.165) is 23.8 Å². The number of hydrogen-bond donors (Lipinski definition) is 0. The second-order valence-corrected chi connectivity index (χ2v) is 6.16. The molecule has 0 N–H and O–H groups in total. The summed E-state index contributed by atoms with van der Waals surface area (Å²) in [6.07, 6.45) is 4.01. The molecule has 2 heterocycles. The zero-order valence-electron chi connectivity index (χ0n) is 14.7. The van der Waals surface area contributed by atoms with Gasteiger partial charge < -0.3 is 4.57 Å². The van der Waals surface area contributed by atoms with Crippen LogP contribution in [-0.4, -0.2) is 19.5 Å². The summed E-state index contributed by atoms with van der Waals surface area (Å²) in [5.74, 6) is 2.18. The van der Waals surface area contributed by atoms with Crippen molar-refractivity contribution in [1.82, 2.24) is 19.5 Å². The number of rotatable bonds is 3. The van der Waals surface area contributed by atoms with E-state index >= 15 is 0 Å². The molecule has 124 valence electrons. The molecule has 0 spiro atoms. The van der Waals surface area contributed by atoms with Gasteiger partial charge in [0, 0.05) is 28.4 Å². The van der Waals surface area contributed by atoms with Gasteiger partial charge in [-0.3, -0.25) is 0 Å². The molecule has 0 aliphatic rings. The van der Waals surface area contributed by atoms with Crippen molar-refractivity contribution in [3.05, 3.63) is 65.5 Å². The Hall–Kier alpha value is -3.01. The van der Waals surface area contributed by atoms with Gasteiger partial charge in [0.15, 0.2) is 5.82 Å². The molecule has 4 rings (SSSR count). The molecule has 0 bridgehead atoms. The van der Waals surface area contributed by atoms with Gasteiger partial charge in [0.05, 0.1) is 0 Å². The van der Waals surface area contributed by atoms with Crippen LogP contribution in [0.5, 0.6) is 0 Å². The molecule has 0 aliphatic carbocycles. The monoisotopic (exact) mass is 328 g/mol. The number of hydrogen-bond acceptors (Lipinski definition) is 3. The van der Waals surface area contributed by atoms with Crippen molar-refractivity contribution in [3.63, 3.8) is 0 Å². The number of para-hydroxylation sites is 1. The van der Waals surface area contributed by atoms with E-state index in [-0.39, 0.29) is 0 Å².